The maximum atomic E-state index is 5.93. The number of fused-ring (bicyclic) bond motifs is 1. The van der Waals surface area contributed by atoms with Crippen LogP contribution in [0.1, 0.15) is 0 Å². The Hall–Kier alpha value is -3.40. The van der Waals surface area contributed by atoms with Crippen molar-refractivity contribution < 1.29 is 9.47 Å². The third kappa shape index (κ3) is 3.02. The van der Waals surface area contributed by atoms with E-state index in [1.165, 1.54) is 0 Å². The third-order valence-electron chi connectivity index (χ3n) is 3.97. The van der Waals surface area contributed by atoms with Crippen LogP contribution >= 0.6 is 0 Å². The van der Waals surface area contributed by atoms with Crippen LogP contribution in [0.15, 0.2) is 78.9 Å². The summed E-state index contributed by atoms with van der Waals surface area (Å²) >= 11 is 0. The minimum absolute atomic E-state index is 0.499. The van der Waals surface area contributed by atoms with E-state index in [1.807, 2.05) is 78.9 Å². The Morgan fingerprint density at radius 3 is 2.04 bits per heavy atom. The second-order valence-corrected chi connectivity index (χ2v) is 5.54. The molecule has 0 atom stereocenters. The standard InChI is InChI=1S/C21H16N2O2/c1-24-16-13-11-15(12-14-16)20-18-9-5-6-10-19(18)21(23-22-20)25-17-7-3-2-4-8-17/h2-14H,1H3. The lowest BCUT2D eigenvalue weighted by Gasteiger charge is -2.10. The number of hydrogen-bond acceptors (Lipinski definition) is 4. The second kappa shape index (κ2) is 6.61. The predicted octanol–water partition coefficient (Wildman–Crippen LogP) is 5.10. The van der Waals surface area contributed by atoms with Gasteiger partial charge in [0.2, 0.25) is 5.88 Å². The number of benzene rings is 3. The number of nitrogens with zero attached hydrogens (tertiary/aromatic N) is 2. The fourth-order valence-corrected chi connectivity index (χ4v) is 2.72. The first-order valence-corrected chi connectivity index (χ1v) is 7.98. The molecular formula is C21H16N2O2. The van der Waals surface area contributed by atoms with Crippen LogP contribution in [0.3, 0.4) is 0 Å². The number of methoxy groups -OCH3 is 1. The lowest BCUT2D eigenvalue weighted by molar-refractivity contribution is 0.415. The zero-order valence-corrected chi connectivity index (χ0v) is 13.7. The summed E-state index contributed by atoms with van der Waals surface area (Å²) in [7, 11) is 1.65. The fraction of sp³-hybridized carbons (Fsp3) is 0.0476. The molecule has 4 rings (SSSR count). The molecule has 0 radical (unpaired) electrons. The summed E-state index contributed by atoms with van der Waals surface area (Å²) in [5.41, 5.74) is 1.80. The number of hydrogen-bond donors (Lipinski definition) is 0. The molecule has 0 spiro atoms. The quantitative estimate of drug-likeness (QED) is 0.523. The lowest BCUT2D eigenvalue weighted by atomic mass is 10.0. The van der Waals surface area contributed by atoms with E-state index in [0.717, 1.165) is 33.5 Å². The van der Waals surface area contributed by atoms with Crippen molar-refractivity contribution in [3.05, 3.63) is 78.9 Å². The average molecular weight is 328 g/mol. The zero-order valence-electron chi connectivity index (χ0n) is 13.7. The Bertz CT molecular complexity index is 999. The Morgan fingerprint density at radius 2 is 1.32 bits per heavy atom. The van der Waals surface area contributed by atoms with E-state index < -0.39 is 0 Å². The summed E-state index contributed by atoms with van der Waals surface area (Å²) in [4.78, 5) is 0. The monoisotopic (exact) mass is 328 g/mol. The molecule has 0 N–H and O–H groups in total. The highest BCUT2D eigenvalue weighted by molar-refractivity contribution is 5.97. The van der Waals surface area contributed by atoms with E-state index in [1.54, 1.807) is 7.11 Å². The summed E-state index contributed by atoms with van der Waals surface area (Å²) in [5, 5.41) is 10.6. The van der Waals surface area contributed by atoms with Gasteiger partial charge in [0.05, 0.1) is 7.11 Å². The van der Waals surface area contributed by atoms with Crippen LogP contribution in [0.4, 0.5) is 0 Å². The maximum absolute atomic E-state index is 5.93. The maximum Gasteiger partial charge on any atom is 0.246 e. The molecule has 0 bridgehead atoms. The largest absolute Gasteiger partial charge is 0.497 e. The van der Waals surface area contributed by atoms with E-state index in [9.17, 15) is 0 Å². The highest BCUT2D eigenvalue weighted by atomic mass is 16.5. The third-order valence-corrected chi connectivity index (χ3v) is 3.97. The van der Waals surface area contributed by atoms with Gasteiger partial charge in [-0.25, -0.2) is 0 Å². The molecule has 4 aromatic rings. The van der Waals surface area contributed by atoms with Crippen LogP contribution in [0.5, 0.6) is 17.4 Å². The smallest absolute Gasteiger partial charge is 0.246 e. The summed E-state index contributed by atoms with van der Waals surface area (Å²) < 4.78 is 11.1. The number of rotatable bonds is 4. The second-order valence-electron chi connectivity index (χ2n) is 5.54. The minimum atomic E-state index is 0.499. The van der Waals surface area contributed by atoms with E-state index in [2.05, 4.69) is 10.2 Å². The molecule has 0 aliphatic carbocycles. The van der Waals surface area contributed by atoms with Crippen molar-refractivity contribution in [2.45, 2.75) is 0 Å². The van der Waals surface area contributed by atoms with Crippen molar-refractivity contribution >= 4 is 10.8 Å². The normalized spacial score (nSPS) is 10.6. The van der Waals surface area contributed by atoms with Crippen LogP contribution < -0.4 is 9.47 Å². The van der Waals surface area contributed by atoms with Crippen molar-refractivity contribution in [1.29, 1.82) is 0 Å². The van der Waals surface area contributed by atoms with Crippen molar-refractivity contribution in [3.63, 3.8) is 0 Å². The van der Waals surface area contributed by atoms with Gasteiger partial charge in [-0.05, 0) is 42.5 Å². The molecule has 0 saturated heterocycles. The first kappa shape index (κ1) is 15.1. The highest BCUT2D eigenvalue weighted by Crippen LogP contribution is 2.33. The molecular weight excluding hydrogens is 312 g/mol. The summed E-state index contributed by atoms with van der Waals surface area (Å²) in [6, 6.07) is 25.4. The van der Waals surface area contributed by atoms with Crippen LogP contribution in [0.25, 0.3) is 22.0 Å². The van der Waals surface area contributed by atoms with Crippen molar-refractivity contribution in [3.8, 4) is 28.6 Å². The molecule has 122 valence electrons. The van der Waals surface area contributed by atoms with E-state index in [0.29, 0.717) is 5.88 Å². The molecule has 0 amide bonds. The molecule has 1 aromatic heterocycles. The van der Waals surface area contributed by atoms with Gasteiger partial charge >= 0.3 is 0 Å². The number of aromatic nitrogens is 2. The van der Waals surface area contributed by atoms with Crippen LogP contribution in [0.2, 0.25) is 0 Å². The topological polar surface area (TPSA) is 44.2 Å². The first-order valence-electron chi connectivity index (χ1n) is 7.98. The van der Waals surface area contributed by atoms with Gasteiger partial charge < -0.3 is 9.47 Å². The van der Waals surface area contributed by atoms with Crippen LogP contribution in [0, 0.1) is 0 Å². The average Bonchev–Trinajstić information content (AvgIpc) is 2.69. The predicted molar refractivity (Wildman–Crippen MR) is 98.0 cm³/mol. The molecule has 0 aliphatic heterocycles. The van der Waals surface area contributed by atoms with Gasteiger partial charge in [0.1, 0.15) is 17.2 Å². The van der Waals surface area contributed by atoms with Gasteiger partial charge in [-0.1, -0.05) is 36.4 Å². The van der Waals surface area contributed by atoms with Gasteiger partial charge in [-0.2, -0.15) is 0 Å². The van der Waals surface area contributed by atoms with Crippen molar-refractivity contribution in [1.82, 2.24) is 10.2 Å². The molecule has 4 heteroatoms. The Kier molecular flexibility index (Phi) is 4.01. The molecule has 0 aliphatic rings. The van der Waals surface area contributed by atoms with Gasteiger partial charge in [0.15, 0.2) is 0 Å². The van der Waals surface area contributed by atoms with Crippen molar-refractivity contribution in [2.75, 3.05) is 7.11 Å². The number of para-hydroxylation sites is 1. The minimum Gasteiger partial charge on any atom is -0.497 e. The van der Waals surface area contributed by atoms with Gasteiger partial charge in [-0.3, -0.25) is 0 Å². The van der Waals surface area contributed by atoms with Gasteiger partial charge in [0.25, 0.3) is 0 Å². The molecule has 0 saturated carbocycles. The molecule has 4 nitrogen and oxygen atoms in total. The summed E-state index contributed by atoms with van der Waals surface area (Å²) in [5.74, 6) is 2.04. The Morgan fingerprint density at radius 1 is 0.640 bits per heavy atom. The molecule has 1 heterocycles. The SMILES string of the molecule is COc1ccc(-c2nnc(Oc3ccccc3)c3ccccc23)cc1. The van der Waals surface area contributed by atoms with Gasteiger partial charge in [0, 0.05) is 16.3 Å². The number of ether oxygens (including phenoxy) is 2. The first-order chi connectivity index (χ1) is 12.3. The van der Waals surface area contributed by atoms with Crippen LogP contribution in [-0.2, 0) is 0 Å². The summed E-state index contributed by atoms with van der Waals surface area (Å²) in [6.45, 7) is 0. The molecule has 0 unspecified atom stereocenters. The Balaban J connectivity index is 1.81. The van der Waals surface area contributed by atoms with Gasteiger partial charge in [-0.15, -0.1) is 10.2 Å². The van der Waals surface area contributed by atoms with Crippen LogP contribution in [-0.4, -0.2) is 17.3 Å². The zero-order chi connectivity index (χ0) is 17.1. The Labute approximate surface area is 145 Å². The van der Waals surface area contributed by atoms with E-state index in [-0.39, 0.29) is 0 Å². The summed E-state index contributed by atoms with van der Waals surface area (Å²) in [6.07, 6.45) is 0. The highest BCUT2D eigenvalue weighted by Gasteiger charge is 2.12. The van der Waals surface area contributed by atoms with E-state index >= 15 is 0 Å². The fourth-order valence-electron chi connectivity index (χ4n) is 2.72. The lowest BCUT2D eigenvalue weighted by Crippen LogP contribution is -1.95. The molecule has 3 aromatic carbocycles. The molecule has 0 fully saturated rings. The van der Waals surface area contributed by atoms with Crippen molar-refractivity contribution in [2.24, 2.45) is 0 Å². The van der Waals surface area contributed by atoms with E-state index in [4.69, 9.17) is 9.47 Å². The molecule has 25 heavy (non-hydrogen) atoms.